The summed E-state index contributed by atoms with van der Waals surface area (Å²) in [7, 11) is 0. The molecule has 3 aromatic rings. The summed E-state index contributed by atoms with van der Waals surface area (Å²) in [6.07, 6.45) is 4.85. The monoisotopic (exact) mass is 378 g/mol. The molecule has 0 bridgehead atoms. The van der Waals surface area contributed by atoms with E-state index in [2.05, 4.69) is 26.0 Å². The van der Waals surface area contributed by atoms with E-state index < -0.39 is 17.8 Å². The number of benzene rings is 1. The van der Waals surface area contributed by atoms with Gasteiger partial charge in [-0.2, -0.15) is 5.10 Å². The molecule has 0 amide bonds. The molecular weight excluding hydrogens is 367 g/mol. The van der Waals surface area contributed by atoms with Crippen molar-refractivity contribution in [1.82, 2.24) is 19.3 Å². The van der Waals surface area contributed by atoms with Gasteiger partial charge in [-0.3, -0.25) is 4.68 Å². The molecule has 3 heterocycles. The van der Waals surface area contributed by atoms with Crippen molar-refractivity contribution in [2.24, 2.45) is 0 Å². The Bertz CT molecular complexity index is 933. The van der Waals surface area contributed by atoms with Crippen molar-refractivity contribution in [1.29, 1.82) is 0 Å². The Hall–Kier alpha value is -2.22. The summed E-state index contributed by atoms with van der Waals surface area (Å²) in [5, 5.41) is 14.2. The van der Waals surface area contributed by atoms with E-state index in [1.54, 1.807) is 12.4 Å². The largest absolute Gasteiger partial charge is 0.479 e. The number of halogens is 2. The molecule has 1 atom stereocenters. The Labute approximate surface area is 138 Å². The van der Waals surface area contributed by atoms with Crippen LogP contribution in [-0.2, 0) is 17.8 Å². The molecule has 2 aromatic heterocycles. The van der Waals surface area contributed by atoms with E-state index in [4.69, 9.17) is 0 Å². The van der Waals surface area contributed by atoms with Gasteiger partial charge >= 0.3 is 5.97 Å². The minimum atomic E-state index is -1.06. The van der Waals surface area contributed by atoms with Crippen molar-refractivity contribution < 1.29 is 14.3 Å². The zero-order valence-electron chi connectivity index (χ0n) is 11.9. The van der Waals surface area contributed by atoms with Crippen LogP contribution in [0.25, 0.3) is 10.9 Å². The molecule has 1 aliphatic heterocycles. The van der Waals surface area contributed by atoms with Gasteiger partial charge < -0.3 is 9.67 Å². The van der Waals surface area contributed by atoms with E-state index in [0.29, 0.717) is 15.7 Å². The number of rotatable bonds is 3. The van der Waals surface area contributed by atoms with E-state index in [0.717, 1.165) is 25.1 Å². The standard InChI is InChI=1S/C15H12BrFN4O2/c16-8-4-10(17)9-6-21(19-11(9)5-8)14(15(22)23)13-12-2-1-3-20(12)7-18-13/h4-7,14H,1-3H2,(H,22,23). The quantitative estimate of drug-likeness (QED) is 0.760. The van der Waals surface area contributed by atoms with Gasteiger partial charge in [0.25, 0.3) is 0 Å². The summed E-state index contributed by atoms with van der Waals surface area (Å²) in [5.41, 5.74) is 1.79. The maximum absolute atomic E-state index is 14.0. The zero-order chi connectivity index (χ0) is 16.1. The third-order valence-electron chi connectivity index (χ3n) is 4.11. The van der Waals surface area contributed by atoms with Gasteiger partial charge in [0.05, 0.1) is 22.9 Å². The number of carboxylic acid groups (broad SMARTS) is 1. The first-order chi connectivity index (χ1) is 11.0. The highest BCUT2D eigenvalue weighted by atomic mass is 79.9. The van der Waals surface area contributed by atoms with Crippen LogP contribution in [0.2, 0.25) is 0 Å². The Morgan fingerprint density at radius 3 is 3.04 bits per heavy atom. The molecule has 6 nitrogen and oxygen atoms in total. The molecule has 4 rings (SSSR count). The summed E-state index contributed by atoms with van der Waals surface area (Å²) in [6, 6.07) is 1.93. The second-order valence-corrected chi connectivity index (χ2v) is 6.46. The minimum absolute atomic E-state index is 0.287. The number of imidazole rings is 1. The smallest absolute Gasteiger partial charge is 0.334 e. The van der Waals surface area contributed by atoms with Crippen LogP contribution in [-0.4, -0.2) is 30.4 Å². The predicted molar refractivity (Wildman–Crippen MR) is 83.7 cm³/mol. The fourth-order valence-electron chi connectivity index (χ4n) is 3.09. The molecule has 0 aliphatic carbocycles. The van der Waals surface area contributed by atoms with Gasteiger partial charge in [-0.25, -0.2) is 14.2 Å². The number of aryl methyl sites for hydroxylation is 1. The van der Waals surface area contributed by atoms with Crippen LogP contribution in [0.3, 0.4) is 0 Å². The molecule has 1 unspecified atom stereocenters. The van der Waals surface area contributed by atoms with Crippen LogP contribution in [0.5, 0.6) is 0 Å². The van der Waals surface area contributed by atoms with Gasteiger partial charge in [0.1, 0.15) is 5.82 Å². The van der Waals surface area contributed by atoms with E-state index in [1.807, 2.05) is 4.57 Å². The van der Waals surface area contributed by atoms with Crippen LogP contribution in [0, 0.1) is 5.82 Å². The van der Waals surface area contributed by atoms with Gasteiger partial charge in [0.2, 0.25) is 0 Å². The van der Waals surface area contributed by atoms with Gasteiger partial charge in [0, 0.05) is 22.9 Å². The lowest BCUT2D eigenvalue weighted by molar-refractivity contribution is -0.139. The van der Waals surface area contributed by atoms with E-state index in [9.17, 15) is 14.3 Å². The fourth-order valence-corrected chi connectivity index (χ4v) is 3.51. The molecule has 1 aliphatic rings. The minimum Gasteiger partial charge on any atom is -0.479 e. The molecule has 0 radical (unpaired) electrons. The summed E-state index contributed by atoms with van der Waals surface area (Å²) in [4.78, 5) is 16.1. The van der Waals surface area contributed by atoms with Crippen LogP contribution in [0.1, 0.15) is 23.9 Å². The lowest BCUT2D eigenvalue weighted by Crippen LogP contribution is -2.22. The van der Waals surface area contributed by atoms with Gasteiger partial charge in [0.15, 0.2) is 6.04 Å². The highest BCUT2D eigenvalue weighted by molar-refractivity contribution is 9.10. The summed E-state index contributed by atoms with van der Waals surface area (Å²) < 4.78 is 17.8. The number of nitrogens with zero attached hydrogens (tertiary/aromatic N) is 4. The SMILES string of the molecule is O=C(O)C(c1ncn2c1CCC2)n1cc2c(F)cc(Br)cc2n1. The van der Waals surface area contributed by atoms with Crippen molar-refractivity contribution >= 4 is 32.8 Å². The van der Waals surface area contributed by atoms with E-state index in [1.165, 1.54) is 16.9 Å². The Kier molecular flexibility index (Phi) is 3.22. The van der Waals surface area contributed by atoms with Crippen molar-refractivity contribution in [3.05, 3.63) is 46.3 Å². The number of hydrogen-bond acceptors (Lipinski definition) is 3. The van der Waals surface area contributed by atoms with E-state index in [-0.39, 0.29) is 5.39 Å². The van der Waals surface area contributed by atoms with Crippen molar-refractivity contribution in [3.63, 3.8) is 0 Å². The number of fused-ring (bicyclic) bond motifs is 2. The fraction of sp³-hybridized carbons (Fsp3) is 0.267. The van der Waals surface area contributed by atoms with Crippen LogP contribution in [0.15, 0.2) is 29.1 Å². The Morgan fingerprint density at radius 2 is 2.26 bits per heavy atom. The number of carboxylic acids is 1. The number of aliphatic carboxylic acids is 1. The second-order valence-electron chi connectivity index (χ2n) is 5.54. The molecule has 0 spiro atoms. The second kappa shape index (κ2) is 5.16. The maximum atomic E-state index is 14.0. The molecule has 8 heteroatoms. The lowest BCUT2D eigenvalue weighted by Gasteiger charge is -2.12. The van der Waals surface area contributed by atoms with Gasteiger partial charge in [-0.15, -0.1) is 0 Å². The lowest BCUT2D eigenvalue weighted by atomic mass is 10.1. The number of aromatic nitrogens is 4. The topological polar surface area (TPSA) is 72.9 Å². The third kappa shape index (κ3) is 2.24. The summed E-state index contributed by atoms with van der Waals surface area (Å²) >= 11 is 3.22. The average Bonchev–Trinajstić information content (AvgIpc) is 3.15. The molecule has 1 N–H and O–H groups in total. The molecule has 0 fully saturated rings. The molecule has 0 saturated carbocycles. The van der Waals surface area contributed by atoms with Crippen LogP contribution >= 0.6 is 15.9 Å². The van der Waals surface area contributed by atoms with Gasteiger partial charge in [-0.1, -0.05) is 15.9 Å². The first-order valence-electron chi connectivity index (χ1n) is 7.15. The van der Waals surface area contributed by atoms with Crippen molar-refractivity contribution in [2.45, 2.75) is 25.4 Å². The molecule has 118 valence electrons. The average molecular weight is 379 g/mol. The van der Waals surface area contributed by atoms with Crippen molar-refractivity contribution in [3.8, 4) is 0 Å². The summed E-state index contributed by atoms with van der Waals surface area (Å²) in [6.45, 7) is 0.845. The predicted octanol–water partition coefficient (Wildman–Crippen LogP) is 2.75. The zero-order valence-corrected chi connectivity index (χ0v) is 13.5. The first-order valence-corrected chi connectivity index (χ1v) is 7.94. The van der Waals surface area contributed by atoms with Crippen LogP contribution < -0.4 is 0 Å². The maximum Gasteiger partial charge on any atom is 0.334 e. The third-order valence-corrected chi connectivity index (χ3v) is 4.56. The molecular formula is C15H12BrFN4O2. The van der Waals surface area contributed by atoms with Crippen molar-refractivity contribution in [2.75, 3.05) is 0 Å². The molecule has 23 heavy (non-hydrogen) atoms. The summed E-state index contributed by atoms with van der Waals surface area (Å²) in [5.74, 6) is -1.51. The first kappa shape index (κ1) is 14.4. The highest BCUT2D eigenvalue weighted by Crippen LogP contribution is 2.29. The Balaban J connectivity index is 1.88. The number of hydrogen-bond donors (Lipinski definition) is 1. The Morgan fingerprint density at radius 1 is 1.43 bits per heavy atom. The highest BCUT2D eigenvalue weighted by Gasteiger charge is 2.31. The van der Waals surface area contributed by atoms with E-state index >= 15 is 0 Å². The van der Waals surface area contributed by atoms with Crippen LogP contribution in [0.4, 0.5) is 4.39 Å². The normalized spacial score (nSPS) is 15.0. The number of carbonyl (C=O) groups is 1. The molecule has 1 aromatic carbocycles. The van der Waals surface area contributed by atoms with Gasteiger partial charge in [-0.05, 0) is 25.0 Å². The molecule has 0 saturated heterocycles.